The van der Waals surface area contributed by atoms with Crippen LogP contribution in [0.15, 0.2) is 30.4 Å². The van der Waals surface area contributed by atoms with Gasteiger partial charge in [-0.15, -0.1) is 0 Å². The Morgan fingerprint density at radius 1 is 1.02 bits per heavy atom. The van der Waals surface area contributed by atoms with Crippen LogP contribution in [0, 0.1) is 5.92 Å². The van der Waals surface area contributed by atoms with Crippen molar-refractivity contribution in [3.63, 3.8) is 0 Å². The van der Waals surface area contributed by atoms with E-state index in [1.54, 1.807) is 53.0 Å². The Balaban J connectivity index is 1.57. The summed E-state index contributed by atoms with van der Waals surface area (Å²) in [5.41, 5.74) is -2.12. The molecule has 5 atom stereocenters. The molecule has 296 valence electrons. The Labute approximate surface area is 322 Å². The predicted octanol–water partition coefficient (Wildman–Crippen LogP) is 5.98. The molecule has 0 bridgehead atoms. The zero-order valence-corrected chi connectivity index (χ0v) is 33.4. The maximum absolute atomic E-state index is 15.1. The topological polar surface area (TPSA) is 159 Å². The number of fused-ring (bicyclic) bond motifs is 3. The average molecular weight is 772 g/mol. The number of nitrogens with zero attached hydrogens (tertiary/aromatic N) is 4. The highest BCUT2D eigenvalue weighted by Gasteiger charge is 2.69. The van der Waals surface area contributed by atoms with Gasteiger partial charge in [-0.3, -0.25) is 14.9 Å². The van der Waals surface area contributed by atoms with Crippen LogP contribution in [0.4, 0.5) is 4.79 Å². The van der Waals surface area contributed by atoms with Crippen LogP contribution in [0.5, 0.6) is 11.6 Å². The number of nitrogens with one attached hydrogen (secondary N) is 1. The van der Waals surface area contributed by atoms with Gasteiger partial charge < -0.3 is 28.6 Å². The maximum Gasteiger partial charge on any atom is 0.418 e. The molecule has 0 unspecified atom stereocenters. The second-order valence-electron chi connectivity index (χ2n) is 16.0. The molecule has 2 aromatic rings. The number of amides is 3. The molecular formula is C39H54ClN5O9. The molecule has 1 aromatic carbocycles. The minimum atomic E-state index is -1.65. The van der Waals surface area contributed by atoms with E-state index in [1.807, 2.05) is 32.9 Å². The first kappa shape index (κ1) is 41.2. The van der Waals surface area contributed by atoms with Crippen LogP contribution in [0.3, 0.4) is 0 Å². The highest BCUT2D eigenvalue weighted by atomic mass is 35.5. The number of aromatic nitrogens is 2. The van der Waals surface area contributed by atoms with Crippen molar-refractivity contribution in [3.05, 3.63) is 35.5 Å². The van der Waals surface area contributed by atoms with Crippen LogP contribution in [-0.2, 0) is 28.6 Å². The fourth-order valence-corrected chi connectivity index (χ4v) is 7.06. The van der Waals surface area contributed by atoms with Crippen LogP contribution >= 0.6 is 11.6 Å². The zero-order chi connectivity index (χ0) is 39.4. The molecule has 5 rings (SSSR count). The number of carbonyl (C=O) groups excluding carboxylic acids is 4. The number of imide groups is 1. The molecule has 1 aromatic heterocycles. The van der Waals surface area contributed by atoms with Crippen LogP contribution < -0.4 is 14.8 Å². The van der Waals surface area contributed by atoms with Gasteiger partial charge in [0.15, 0.2) is 10.7 Å². The van der Waals surface area contributed by atoms with E-state index in [4.69, 9.17) is 35.3 Å². The van der Waals surface area contributed by atoms with Crippen molar-refractivity contribution in [3.8, 4) is 11.6 Å². The minimum absolute atomic E-state index is 0.00194. The number of rotatable bonds is 8. The van der Waals surface area contributed by atoms with Gasteiger partial charge in [-0.25, -0.2) is 24.5 Å². The average Bonchev–Trinajstić information content (AvgIpc) is 3.64. The number of ether oxygens (including phenoxy) is 5. The first-order valence-corrected chi connectivity index (χ1v) is 19.1. The largest absolute Gasteiger partial charge is 0.497 e. The van der Waals surface area contributed by atoms with E-state index in [0.717, 1.165) is 30.6 Å². The normalized spacial score (nSPS) is 25.9. The number of allylic oxidation sites excluding steroid dienone is 1. The van der Waals surface area contributed by atoms with E-state index in [-0.39, 0.29) is 49.7 Å². The summed E-state index contributed by atoms with van der Waals surface area (Å²) in [5, 5.41) is 3.26. The van der Waals surface area contributed by atoms with Gasteiger partial charge in [-0.05, 0) is 86.3 Å². The van der Waals surface area contributed by atoms with Crippen molar-refractivity contribution >= 4 is 46.5 Å². The number of methoxy groups -OCH3 is 1. The Morgan fingerprint density at radius 3 is 2.46 bits per heavy atom. The number of benzene rings is 1. The molecule has 1 saturated carbocycles. The summed E-state index contributed by atoms with van der Waals surface area (Å²) in [6.45, 7) is 12.6. The lowest BCUT2D eigenvalue weighted by molar-refractivity contribution is -0.159. The molecule has 2 fully saturated rings. The third kappa shape index (κ3) is 9.61. The lowest BCUT2D eigenvalue weighted by atomic mass is 10.0. The SMILES string of the molecule is CCOC(=O)[C@@]12C[C@H]1/C=C\CCCCC[C@H](NCOC(C)(C)C)C(=O)N1C[C@H](Oc3nc4cc(OC)ccc4nc3Cl)C[C@H]1C(=O)N2C(=O)OC(C)(C)C. The molecule has 3 aliphatic rings. The van der Waals surface area contributed by atoms with Gasteiger partial charge in [0.05, 0.1) is 49.7 Å². The molecule has 0 spiro atoms. The van der Waals surface area contributed by atoms with Gasteiger partial charge in [0.1, 0.15) is 23.5 Å². The minimum Gasteiger partial charge on any atom is -0.497 e. The van der Waals surface area contributed by atoms with Gasteiger partial charge in [0.25, 0.3) is 11.8 Å². The summed E-state index contributed by atoms with van der Waals surface area (Å²) in [5.74, 6) is -1.77. The van der Waals surface area contributed by atoms with Crippen molar-refractivity contribution in [1.29, 1.82) is 0 Å². The van der Waals surface area contributed by atoms with Crippen LogP contribution in [0.1, 0.15) is 93.4 Å². The van der Waals surface area contributed by atoms with Crippen molar-refractivity contribution < 1.29 is 42.9 Å². The fourth-order valence-electron chi connectivity index (χ4n) is 6.89. The summed E-state index contributed by atoms with van der Waals surface area (Å²) >= 11 is 6.56. The van der Waals surface area contributed by atoms with Gasteiger partial charge in [0, 0.05) is 18.4 Å². The number of carbonyl (C=O) groups is 4. The van der Waals surface area contributed by atoms with Crippen LogP contribution in [-0.4, -0.2) is 106 Å². The van der Waals surface area contributed by atoms with Crippen molar-refractivity contribution in [2.75, 3.05) is 27.0 Å². The number of hydrogen-bond donors (Lipinski definition) is 1. The molecule has 0 radical (unpaired) electrons. The zero-order valence-electron chi connectivity index (χ0n) is 32.6. The van der Waals surface area contributed by atoms with Crippen LogP contribution in [0.2, 0.25) is 5.15 Å². The molecule has 1 saturated heterocycles. The number of hydrogen-bond acceptors (Lipinski definition) is 12. The Hall–Kier alpha value is -4.01. The van der Waals surface area contributed by atoms with E-state index < -0.39 is 58.8 Å². The Morgan fingerprint density at radius 2 is 1.78 bits per heavy atom. The highest BCUT2D eigenvalue weighted by molar-refractivity contribution is 6.31. The molecule has 1 N–H and O–H groups in total. The van der Waals surface area contributed by atoms with Crippen molar-refractivity contribution in [2.45, 2.75) is 128 Å². The maximum atomic E-state index is 15.1. The summed E-state index contributed by atoms with van der Waals surface area (Å²) in [6, 6.07) is 3.21. The quantitative estimate of drug-likeness (QED) is 0.191. The highest BCUT2D eigenvalue weighted by Crippen LogP contribution is 2.52. The Bertz CT molecular complexity index is 1740. The predicted molar refractivity (Wildman–Crippen MR) is 201 cm³/mol. The first-order chi connectivity index (χ1) is 25.5. The Kier molecular flexibility index (Phi) is 12.8. The third-order valence-electron chi connectivity index (χ3n) is 9.58. The lowest BCUT2D eigenvalue weighted by Gasteiger charge is -2.36. The molecule has 3 heterocycles. The van der Waals surface area contributed by atoms with E-state index in [9.17, 15) is 14.4 Å². The summed E-state index contributed by atoms with van der Waals surface area (Å²) in [7, 11) is 1.54. The number of halogens is 1. The van der Waals surface area contributed by atoms with E-state index in [0.29, 0.717) is 23.2 Å². The lowest BCUT2D eigenvalue weighted by Crippen LogP contribution is -2.60. The van der Waals surface area contributed by atoms with Crippen molar-refractivity contribution in [1.82, 2.24) is 25.1 Å². The van der Waals surface area contributed by atoms with Gasteiger partial charge in [-0.2, -0.15) is 0 Å². The fraction of sp³-hybridized carbons (Fsp3) is 0.641. The second kappa shape index (κ2) is 16.8. The van der Waals surface area contributed by atoms with Crippen molar-refractivity contribution in [2.24, 2.45) is 5.92 Å². The molecule has 54 heavy (non-hydrogen) atoms. The standard InChI is InChI=1S/C39H54ClN5O9/c1-9-51-35(48)39-21-24(39)15-13-11-10-12-14-16-28(41-23-52-37(2,3)4)33(46)44-22-26(20-30(44)34(47)45(39)36(49)54-38(5,6)7)53-32-31(40)42-27-18-17-25(50-8)19-29(27)43-32/h13,15,17-19,24,26,28,30,41H,9-12,14,16,20-23H2,1-8H3/b15-13-/t24-,26-,28+,30+,39-/m1/s1. The van der Waals surface area contributed by atoms with E-state index in [1.165, 1.54) is 4.90 Å². The summed E-state index contributed by atoms with van der Waals surface area (Å²) in [6.07, 6.45) is 5.85. The third-order valence-corrected chi connectivity index (χ3v) is 9.83. The second-order valence-corrected chi connectivity index (χ2v) is 16.3. The molecule has 15 heteroatoms. The van der Waals surface area contributed by atoms with Crippen LogP contribution in [0.25, 0.3) is 11.0 Å². The molecule has 2 aliphatic heterocycles. The van der Waals surface area contributed by atoms with Gasteiger partial charge in [-0.1, -0.05) is 36.6 Å². The smallest absolute Gasteiger partial charge is 0.418 e. The van der Waals surface area contributed by atoms with E-state index in [2.05, 4.69) is 15.3 Å². The molecule has 1 aliphatic carbocycles. The van der Waals surface area contributed by atoms with E-state index >= 15 is 4.79 Å². The molecule has 3 amide bonds. The first-order valence-electron chi connectivity index (χ1n) is 18.7. The molecule has 14 nitrogen and oxygen atoms in total. The van der Waals surface area contributed by atoms with Gasteiger partial charge >= 0.3 is 12.1 Å². The summed E-state index contributed by atoms with van der Waals surface area (Å²) < 4.78 is 28.9. The number of esters is 1. The summed E-state index contributed by atoms with van der Waals surface area (Å²) in [4.78, 5) is 69.2. The molecular weight excluding hydrogens is 718 g/mol. The monoisotopic (exact) mass is 771 g/mol. The van der Waals surface area contributed by atoms with Gasteiger partial charge in [0.2, 0.25) is 5.91 Å².